The Balaban J connectivity index is 2.72. The number of aliphatic carboxylic acids is 1. The van der Waals surface area contributed by atoms with Crippen LogP contribution in [0.15, 0.2) is 0 Å². The molecule has 6 nitrogen and oxygen atoms in total. The van der Waals surface area contributed by atoms with Crippen molar-refractivity contribution in [3.63, 3.8) is 0 Å². The molecule has 1 aliphatic rings. The molecule has 0 unspecified atom stereocenters. The second kappa shape index (κ2) is 7.47. The third-order valence-electron chi connectivity index (χ3n) is 3.46. The Bertz CT molecular complexity index is 345. The van der Waals surface area contributed by atoms with Crippen LogP contribution in [0.4, 0.5) is 4.79 Å². The summed E-state index contributed by atoms with van der Waals surface area (Å²) in [7, 11) is 3.93. The van der Waals surface area contributed by atoms with Crippen LogP contribution in [0, 0.1) is 5.92 Å². The zero-order valence-corrected chi connectivity index (χ0v) is 13.0. The molecular formula is C14H27N3O3. The lowest BCUT2D eigenvalue weighted by Gasteiger charge is -2.32. The molecule has 0 bridgehead atoms. The molecule has 1 saturated heterocycles. The van der Waals surface area contributed by atoms with Crippen LogP contribution in [0.25, 0.3) is 0 Å². The normalized spacial score (nSPS) is 18.9. The van der Waals surface area contributed by atoms with Gasteiger partial charge in [-0.3, -0.25) is 0 Å². The highest BCUT2D eigenvalue weighted by Crippen LogP contribution is 2.19. The smallest absolute Gasteiger partial charge is 0.326 e. The minimum Gasteiger partial charge on any atom is -0.480 e. The number of carboxylic acid groups (broad SMARTS) is 1. The fourth-order valence-corrected chi connectivity index (χ4v) is 2.46. The number of hydrogen-bond acceptors (Lipinski definition) is 3. The molecule has 1 atom stereocenters. The van der Waals surface area contributed by atoms with Gasteiger partial charge in [-0.15, -0.1) is 0 Å². The lowest BCUT2D eigenvalue weighted by Crippen LogP contribution is -2.50. The summed E-state index contributed by atoms with van der Waals surface area (Å²) < 4.78 is 0. The number of carboxylic acids is 1. The molecule has 6 heteroatoms. The third kappa shape index (κ3) is 4.67. The molecule has 0 spiro atoms. The largest absolute Gasteiger partial charge is 0.480 e. The SMILES string of the molecule is CC(C)CN(CCN(C)C)C(=O)N1CCC[C@@H]1C(=O)O. The third-order valence-corrected chi connectivity index (χ3v) is 3.46. The number of likely N-dealkylation sites (N-methyl/N-ethyl adjacent to an activating group) is 1. The van der Waals surface area contributed by atoms with E-state index in [1.54, 1.807) is 4.90 Å². The lowest BCUT2D eigenvalue weighted by molar-refractivity contribution is -0.141. The Hall–Kier alpha value is -1.30. The van der Waals surface area contributed by atoms with Crippen molar-refractivity contribution in [1.82, 2.24) is 14.7 Å². The van der Waals surface area contributed by atoms with E-state index >= 15 is 0 Å². The number of likely N-dealkylation sites (tertiary alicyclic amines) is 1. The number of rotatable bonds is 6. The number of nitrogens with zero attached hydrogens (tertiary/aromatic N) is 3. The summed E-state index contributed by atoms with van der Waals surface area (Å²) >= 11 is 0. The fraction of sp³-hybridized carbons (Fsp3) is 0.857. The molecule has 2 amide bonds. The minimum atomic E-state index is -0.895. The van der Waals surface area contributed by atoms with Gasteiger partial charge in [-0.2, -0.15) is 0 Å². The van der Waals surface area contributed by atoms with Crippen LogP contribution in [0.5, 0.6) is 0 Å². The Morgan fingerprint density at radius 2 is 1.95 bits per heavy atom. The molecule has 0 saturated carbocycles. The van der Waals surface area contributed by atoms with Crippen molar-refractivity contribution in [1.29, 1.82) is 0 Å². The zero-order chi connectivity index (χ0) is 15.3. The predicted octanol–water partition coefficient (Wildman–Crippen LogP) is 1.18. The predicted molar refractivity (Wildman–Crippen MR) is 77.7 cm³/mol. The molecule has 1 rings (SSSR count). The molecule has 0 aromatic rings. The summed E-state index contributed by atoms with van der Waals surface area (Å²) in [6.45, 7) is 6.75. The quantitative estimate of drug-likeness (QED) is 0.796. The van der Waals surface area contributed by atoms with Crippen molar-refractivity contribution in [2.45, 2.75) is 32.7 Å². The molecule has 20 heavy (non-hydrogen) atoms. The van der Waals surface area contributed by atoms with Gasteiger partial charge in [0.2, 0.25) is 0 Å². The lowest BCUT2D eigenvalue weighted by atomic mass is 10.2. The summed E-state index contributed by atoms with van der Waals surface area (Å²) in [5, 5.41) is 9.19. The number of carbonyl (C=O) groups is 2. The minimum absolute atomic E-state index is 0.134. The highest BCUT2D eigenvalue weighted by molar-refractivity contribution is 5.83. The summed E-state index contributed by atoms with van der Waals surface area (Å²) in [6, 6.07) is -0.790. The first-order valence-corrected chi connectivity index (χ1v) is 7.26. The van der Waals surface area contributed by atoms with Crippen molar-refractivity contribution < 1.29 is 14.7 Å². The van der Waals surface area contributed by atoms with Gasteiger partial charge in [-0.25, -0.2) is 9.59 Å². The standard InChI is InChI=1S/C14H27N3O3/c1-11(2)10-16(9-8-15(3)4)14(20)17-7-5-6-12(17)13(18)19/h11-12H,5-10H2,1-4H3,(H,18,19)/t12-/m1/s1. The molecule has 1 fully saturated rings. The van der Waals surface area contributed by atoms with Crippen LogP contribution in [0.2, 0.25) is 0 Å². The first-order chi connectivity index (χ1) is 9.32. The van der Waals surface area contributed by atoms with Gasteiger partial charge in [0.05, 0.1) is 0 Å². The van der Waals surface area contributed by atoms with Crippen molar-refractivity contribution in [3.05, 3.63) is 0 Å². The topological polar surface area (TPSA) is 64.1 Å². The van der Waals surface area contributed by atoms with Gasteiger partial charge in [0.1, 0.15) is 6.04 Å². The van der Waals surface area contributed by atoms with Gasteiger partial charge in [-0.05, 0) is 32.9 Å². The Morgan fingerprint density at radius 3 is 2.45 bits per heavy atom. The van der Waals surface area contributed by atoms with E-state index in [1.807, 2.05) is 19.0 Å². The van der Waals surface area contributed by atoms with Crippen molar-refractivity contribution in [2.75, 3.05) is 40.3 Å². The van der Waals surface area contributed by atoms with Crippen LogP contribution in [-0.4, -0.2) is 78.1 Å². The molecule has 0 aromatic heterocycles. The summed E-state index contributed by atoms with van der Waals surface area (Å²) in [5.74, 6) is -0.528. The van der Waals surface area contributed by atoms with E-state index in [0.717, 1.165) is 13.0 Å². The molecule has 1 N–H and O–H groups in total. The first kappa shape index (κ1) is 16.8. The van der Waals surface area contributed by atoms with E-state index in [0.29, 0.717) is 32.0 Å². The number of urea groups is 1. The van der Waals surface area contributed by atoms with Gasteiger partial charge >= 0.3 is 12.0 Å². The van der Waals surface area contributed by atoms with E-state index in [4.69, 9.17) is 0 Å². The van der Waals surface area contributed by atoms with Crippen LogP contribution >= 0.6 is 0 Å². The van der Waals surface area contributed by atoms with Gasteiger partial charge in [-0.1, -0.05) is 13.8 Å². The maximum absolute atomic E-state index is 12.6. The maximum Gasteiger partial charge on any atom is 0.326 e. The monoisotopic (exact) mass is 285 g/mol. The van der Waals surface area contributed by atoms with Crippen LogP contribution in [-0.2, 0) is 4.79 Å². The highest BCUT2D eigenvalue weighted by Gasteiger charge is 2.36. The summed E-state index contributed by atoms with van der Waals surface area (Å²) in [5.41, 5.74) is 0. The average Bonchev–Trinajstić information content (AvgIpc) is 2.82. The molecular weight excluding hydrogens is 258 g/mol. The zero-order valence-electron chi connectivity index (χ0n) is 13.0. The van der Waals surface area contributed by atoms with E-state index < -0.39 is 12.0 Å². The Labute approximate surface area is 121 Å². The number of hydrogen-bond donors (Lipinski definition) is 1. The number of amides is 2. The maximum atomic E-state index is 12.6. The molecule has 0 aliphatic carbocycles. The van der Waals surface area contributed by atoms with Crippen LogP contribution in [0.1, 0.15) is 26.7 Å². The molecule has 0 aromatic carbocycles. The molecule has 0 radical (unpaired) electrons. The van der Waals surface area contributed by atoms with E-state index in [9.17, 15) is 14.7 Å². The van der Waals surface area contributed by atoms with Gasteiger partial charge in [0, 0.05) is 26.2 Å². The second-order valence-corrected chi connectivity index (χ2v) is 6.12. The highest BCUT2D eigenvalue weighted by atomic mass is 16.4. The van der Waals surface area contributed by atoms with Gasteiger partial charge in [0.25, 0.3) is 0 Å². The van der Waals surface area contributed by atoms with E-state index in [1.165, 1.54) is 4.90 Å². The molecule has 1 heterocycles. The van der Waals surface area contributed by atoms with Crippen molar-refractivity contribution in [2.24, 2.45) is 5.92 Å². The van der Waals surface area contributed by atoms with Gasteiger partial charge in [0.15, 0.2) is 0 Å². The van der Waals surface area contributed by atoms with E-state index in [2.05, 4.69) is 13.8 Å². The molecule has 1 aliphatic heterocycles. The molecule has 116 valence electrons. The Morgan fingerprint density at radius 1 is 1.30 bits per heavy atom. The summed E-state index contributed by atoms with van der Waals surface area (Å²) in [6.07, 6.45) is 1.33. The van der Waals surface area contributed by atoms with Gasteiger partial charge < -0.3 is 19.8 Å². The van der Waals surface area contributed by atoms with E-state index in [-0.39, 0.29) is 6.03 Å². The second-order valence-electron chi connectivity index (χ2n) is 6.12. The average molecular weight is 285 g/mol. The summed E-state index contributed by atoms with van der Waals surface area (Å²) in [4.78, 5) is 29.1. The van der Waals surface area contributed by atoms with Crippen molar-refractivity contribution >= 4 is 12.0 Å². The van der Waals surface area contributed by atoms with Crippen LogP contribution < -0.4 is 0 Å². The van der Waals surface area contributed by atoms with Crippen LogP contribution in [0.3, 0.4) is 0 Å². The number of carbonyl (C=O) groups excluding carboxylic acids is 1. The van der Waals surface area contributed by atoms with Crippen molar-refractivity contribution in [3.8, 4) is 0 Å². The first-order valence-electron chi connectivity index (χ1n) is 7.26. The fourth-order valence-electron chi connectivity index (χ4n) is 2.46. The Kier molecular flexibility index (Phi) is 6.26.